The zero-order valence-corrected chi connectivity index (χ0v) is 13.2. The van der Waals surface area contributed by atoms with Crippen LogP contribution >= 0.6 is 0 Å². The Hall–Kier alpha value is -0.460. The van der Waals surface area contributed by atoms with Crippen LogP contribution in [0.25, 0.3) is 0 Å². The zero-order valence-electron chi connectivity index (χ0n) is 12.4. The first-order valence-corrected chi connectivity index (χ1v) is 9.19. The van der Waals surface area contributed by atoms with Crippen LogP contribution in [0.15, 0.2) is 0 Å². The first kappa shape index (κ1) is 15.9. The number of nitrogens with one attached hydrogen (secondary N) is 1. The van der Waals surface area contributed by atoms with Crippen LogP contribution in [0.2, 0.25) is 0 Å². The van der Waals surface area contributed by atoms with Gasteiger partial charge >= 0.3 is 0 Å². The van der Waals surface area contributed by atoms with Gasteiger partial charge < -0.3 is 16.0 Å². The fourth-order valence-corrected chi connectivity index (χ4v) is 4.79. The van der Waals surface area contributed by atoms with Crippen molar-refractivity contribution in [1.29, 1.82) is 0 Å². The van der Waals surface area contributed by atoms with Crippen molar-refractivity contribution in [2.45, 2.75) is 38.1 Å². The third-order valence-corrected chi connectivity index (χ3v) is 6.09. The maximum absolute atomic E-state index is 11.9. The van der Waals surface area contributed by atoms with Crippen LogP contribution in [0.3, 0.4) is 0 Å². The number of hydrogen-bond acceptors (Lipinski definition) is 4. The molecule has 6 heteroatoms. The minimum Gasteiger partial charge on any atom is -0.368 e. The molecule has 2 rings (SSSR count). The smallest absolute Gasteiger partial charge is 0.238 e. The van der Waals surface area contributed by atoms with Crippen LogP contribution in [0.1, 0.15) is 32.6 Å². The lowest BCUT2D eigenvalue weighted by atomic mass is 9.83. The SMILES string of the molecule is CCNC1(C(N)=O)CCCC1CCN1CCS(=O)CC1. The van der Waals surface area contributed by atoms with Crippen molar-refractivity contribution in [3.63, 3.8) is 0 Å². The maximum Gasteiger partial charge on any atom is 0.238 e. The number of primary amides is 1. The van der Waals surface area contributed by atoms with E-state index in [1.54, 1.807) is 0 Å². The molecule has 116 valence electrons. The first-order chi connectivity index (χ1) is 9.58. The molecule has 2 fully saturated rings. The zero-order chi connectivity index (χ0) is 14.6. The first-order valence-electron chi connectivity index (χ1n) is 7.70. The number of hydrogen-bond donors (Lipinski definition) is 2. The normalized spacial score (nSPS) is 32.5. The molecule has 1 heterocycles. The molecule has 5 nitrogen and oxygen atoms in total. The molecule has 1 aliphatic heterocycles. The van der Waals surface area contributed by atoms with E-state index in [9.17, 15) is 9.00 Å². The monoisotopic (exact) mass is 301 g/mol. The van der Waals surface area contributed by atoms with Gasteiger partial charge in [-0.2, -0.15) is 0 Å². The molecule has 0 aromatic rings. The molecule has 2 atom stereocenters. The highest BCUT2D eigenvalue weighted by Gasteiger charge is 2.46. The van der Waals surface area contributed by atoms with Crippen molar-refractivity contribution in [3.05, 3.63) is 0 Å². The van der Waals surface area contributed by atoms with E-state index in [0.717, 1.165) is 63.4 Å². The molecule has 2 unspecified atom stereocenters. The highest BCUT2D eigenvalue weighted by atomic mass is 32.2. The van der Waals surface area contributed by atoms with Gasteiger partial charge in [0.1, 0.15) is 5.54 Å². The van der Waals surface area contributed by atoms with Crippen molar-refractivity contribution < 1.29 is 9.00 Å². The Balaban J connectivity index is 1.90. The van der Waals surface area contributed by atoms with Crippen molar-refractivity contribution in [1.82, 2.24) is 10.2 Å². The summed E-state index contributed by atoms with van der Waals surface area (Å²) in [5, 5.41) is 3.36. The number of amides is 1. The van der Waals surface area contributed by atoms with Gasteiger partial charge in [-0.1, -0.05) is 13.3 Å². The molecule has 1 amide bonds. The molecule has 0 aromatic carbocycles. The van der Waals surface area contributed by atoms with Gasteiger partial charge in [-0.25, -0.2) is 0 Å². The lowest BCUT2D eigenvalue weighted by molar-refractivity contribution is -0.126. The van der Waals surface area contributed by atoms with Crippen LogP contribution in [0.4, 0.5) is 0 Å². The van der Waals surface area contributed by atoms with Crippen LogP contribution in [0.5, 0.6) is 0 Å². The summed E-state index contributed by atoms with van der Waals surface area (Å²) >= 11 is 0. The molecule has 0 bridgehead atoms. The second kappa shape index (κ2) is 7.00. The Morgan fingerprint density at radius 1 is 1.45 bits per heavy atom. The minimum absolute atomic E-state index is 0.193. The van der Waals surface area contributed by atoms with Gasteiger partial charge in [-0.15, -0.1) is 0 Å². The van der Waals surface area contributed by atoms with E-state index < -0.39 is 16.3 Å². The van der Waals surface area contributed by atoms with Crippen molar-refractivity contribution >= 4 is 16.7 Å². The molecule has 3 N–H and O–H groups in total. The van der Waals surface area contributed by atoms with E-state index in [2.05, 4.69) is 10.2 Å². The van der Waals surface area contributed by atoms with E-state index >= 15 is 0 Å². The summed E-state index contributed by atoms with van der Waals surface area (Å²) in [6, 6.07) is 0. The van der Waals surface area contributed by atoms with Gasteiger partial charge in [-0.05, 0) is 38.3 Å². The highest BCUT2D eigenvalue weighted by molar-refractivity contribution is 7.85. The molecule has 1 saturated carbocycles. The molecular formula is C14H27N3O2S. The second-order valence-corrected chi connectivity index (χ2v) is 7.63. The Kier molecular flexibility index (Phi) is 5.57. The van der Waals surface area contributed by atoms with Gasteiger partial charge in [0.15, 0.2) is 0 Å². The van der Waals surface area contributed by atoms with Crippen molar-refractivity contribution in [2.75, 3.05) is 37.7 Å². The Labute approximate surface area is 124 Å². The number of nitrogens with two attached hydrogens (primary N) is 1. The van der Waals surface area contributed by atoms with E-state index in [1.165, 1.54) is 0 Å². The summed E-state index contributed by atoms with van der Waals surface area (Å²) in [7, 11) is -0.620. The molecular weight excluding hydrogens is 274 g/mol. The maximum atomic E-state index is 11.9. The molecule has 0 spiro atoms. The van der Waals surface area contributed by atoms with Crippen molar-refractivity contribution in [3.8, 4) is 0 Å². The minimum atomic E-state index is -0.620. The molecule has 0 aromatic heterocycles. The number of rotatable bonds is 6. The lowest BCUT2D eigenvalue weighted by Gasteiger charge is -2.35. The average molecular weight is 301 g/mol. The summed E-state index contributed by atoms with van der Waals surface area (Å²) in [4.78, 5) is 14.3. The number of likely N-dealkylation sites (N-methyl/N-ethyl adjacent to an activating group) is 1. The summed E-state index contributed by atoms with van der Waals surface area (Å²) < 4.78 is 11.4. The topological polar surface area (TPSA) is 75.4 Å². The average Bonchev–Trinajstić information content (AvgIpc) is 2.83. The summed E-state index contributed by atoms with van der Waals surface area (Å²) in [5.74, 6) is 1.73. The van der Waals surface area contributed by atoms with Crippen LogP contribution < -0.4 is 11.1 Å². The van der Waals surface area contributed by atoms with Gasteiger partial charge in [0.25, 0.3) is 0 Å². The van der Waals surface area contributed by atoms with E-state index in [0.29, 0.717) is 5.92 Å². The van der Waals surface area contributed by atoms with Crippen LogP contribution in [-0.4, -0.2) is 58.2 Å². The molecule has 20 heavy (non-hydrogen) atoms. The Bertz CT molecular complexity index is 367. The van der Waals surface area contributed by atoms with Gasteiger partial charge in [0, 0.05) is 35.4 Å². The fourth-order valence-electron chi connectivity index (χ4n) is 3.67. The third kappa shape index (κ3) is 3.40. The number of carbonyl (C=O) groups excluding carboxylic acids is 1. The number of carbonyl (C=O) groups is 1. The predicted octanol–water partition coefficient (Wildman–Crippen LogP) is 0.0745. The second-order valence-electron chi connectivity index (χ2n) is 5.93. The van der Waals surface area contributed by atoms with Gasteiger partial charge in [0.2, 0.25) is 5.91 Å². The molecule has 2 aliphatic rings. The summed E-state index contributed by atoms with van der Waals surface area (Å²) in [6.07, 6.45) is 4.02. The van der Waals surface area contributed by atoms with Crippen LogP contribution in [0, 0.1) is 5.92 Å². The van der Waals surface area contributed by atoms with E-state index in [4.69, 9.17) is 5.73 Å². The molecule has 1 aliphatic carbocycles. The third-order valence-electron chi connectivity index (χ3n) is 4.82. The molecule has 0 radical (unpaired) electrons. The standard InChI is InChI=1S/C14H27N3O2S/c1-2-16-14(13(15)18)6-3-4-12(14)5-7-17-8-10-20(19)11-9-17/h12,16H,2-11H2,1H3,(H2,15,18). The molecule has 1 saturated heterocycles. The quantitative estimate of drug-likeness (QED) is 0.728. The Morgan fingerprint density at radius 2 is 2.15 bits per heavy atom. The van der Waals surface area contributed by atoms with E-state index in [-0.39, 0.29) is 5.91 Å². The lowest BCUT2D eigenvalue weighted by Crippen LogP contribution is -2.58. The van der Waals surface area contributed by atoms with Gasteiger partial charge in [0.05, 0.1) is 0 Å². The number of nitrogens with zero attached hydrogens (tertiary/aromatic N) is 1. The van der Waals surface area contributed by atoms with Gasteiger partial charge in [-0.3, -0.25) is 9.00 Å². The predicted molar refractivity (Wildman–Crippen MR) is 81.9 cm³/mol. The fraction of sp³-hybridized carbons (Fsp3) is 0.929. The largest absolute Gasteiger partial charge is 0.368 e. The van der Waals surface area contributed by atoms with Crippen molar-refractivity contribution in [2.24, 2.45) is 11.7 Å². The summed E-state index contributed by atoms with van der Waals surface area (Å²) in [6.45, 7) is 5.64. The van der Waals surface area contributed by atoms with Crippen LogP contribution in [-0.2, 0) is 15.6 Å². The highest BCUT2D eigenvalue weighted by Crippen LogP contribution is 2.38. The van der Waals surface area contributed by atoms with E-state index in [1.807, 2.05) is 6.92 Å². The summed E-state index contributed by atoms with van der Waals surface area (Å²) in [5.41, 5.74) is 5.19. The Morgan fingerprint density at radius 3 is 2.75 bits per heavy atom.